The number of allylic oxidation sites excluding steroid dienone is 1. The van der Waals surface area contributed by atoms with Gasteiger partial charge in [-0.1, -0.05) is 59.9 Å². The predicted octanol–water partition coefficient (Wildman–Crippen LogP) is 3.70. The van der Waals surface area contributed by atoms with Crippen molar-refractivity contribution < 1.29 is 4.79 Å². The Morgan fingerprint density at radius 1 is 0.939 bits per heavy atom. The number of thiazole rings is 1. The Balaban J connectivity index is 1.57. The number of aromatic nitrogens is 1. The second-order valence-corrected chi connectivity index (χ2v) is 10.3. The van der Waals surface area contributed by atoms with Gasteiger partial charge in [0, 0.05) is 21.7 Å². The Bertz CT molecular complexity index is 1690. The fraction of sp³-hybridized carbons (Fsp3) is 0.115. The summed E-state index contributed by atoms with van der Waals surface area (Å²) in [6.45, 7) is 0. The van der Waals surface area contributed by atoms with Crippen LogP contribution in [0.3, 0.4) is 0 Å². The highest BCUT2D eigenvalue weighted by molar-refractivity contribution is 7.10. The van der Waals surface area contributed by atoms with Crippen LogP contribution in [-0.2, 0) is 11.2 Å². The third-order valence-electron chi connectivity index (χ3n) is 6.56. The molecule has 2 aromatic heterocycles. The first-order chi connectivity index (χ1) is 16.2. The average Bonchev–Trinajstić information content (AvgIpc) is 3.55. The van der Waals surface area contributed by atoms with Crippen molar-refractivity contribution in [2.45, 2.75) is 18.9 Å². The molecule has 1 aliphatic carbocycles. The zero-order valence-electron chi connectivity index (χ0n) is 17.4. The minimum atomic E-state index is -0.233. The Kier molecular flexibility index (Phi) is 4.01. The summed E-state index contributed by atoms with van der Waals surface area (Å²) >= 11 is 2.97. The SMILES string of the molecule is O=C1Nc2ccccc2/C1=c1\sc2n(c1=O)C(c1cccs1)C1=C(N=2)c2ccccc2CC1. The van der Waals surface area contributed by atoms with Crippen LogP contribution in [0.1, 0.15) is 34.0 Å². The molecule has 1 N–H and O–H groups in total. The van der Waals surface area contributed by atoms with Gasteiger partial charge in [-0.2, -0.15) is 0 Å². The molecule has 4 aromatic rings. The molecule has 5 nitrogen and oxygen atoms in total. The lowest BCUT2D eigenvalue weighted by molar-refractivity contribution is -0.110. The van der Waals surface area contributed by atoms with Gasteiger partial charge in [-0.25, -0.2) is 4.99 Å². The van der Waals surface area contributed by atoms with Gasteiger partial charge in [-0.15, -0.1) is 11.3 Å². The number of carbonyl (C=O) groups excluding carboxylic acids is 1. The molecular formula is C26H17N3O2S2. The molecule has 7 heteroatoms. The van der Waals surface area contributed by atoms with Gasteiger partial charge in [0.2, 0.25) is 0 Å². The van der Waals surface area contributed by atoms with E-state index in [0.717, 1.165) is 40.2 Å². The number of nitrogens with zero attached hydrogens (tertiary/aromatic N) is 2. The summed E-state index contributed by atoms with van der Waals surface area (Å²) in [4.78, 5) is 33.6. The molecule has 4 heterocycles. The Morgan fingerprint density at radius 3 is 2.61 bits per heavy atom. The topological polar surface area (TPSA) is 63.5 Å². The predicted molar refractivity (Wildman–Crippen MR) is 131 cm³/mol. The third-order valence-corrected chi connectivity index (χ3v) is 8.54. The maximum Gasteiger partial charge on any atom is 0.271 e. The number of anilines is 1. The van der Waals surface area contributed by atoms with Crippen molar-refractivity contribution in [1.29, 1.82) is 0 Å². The molecular weight excluding hydrogens is 450 g/mol. The fourth-order valence-electron chi connectivity index (χ4n) is 5.11. The fourth-order valence-corrected chi connectivity index (χ4v) is 7.06. The number of thiophene rings is 1. The van der Waals surface area contributed by atoms with Crippen LogP contribution >= 0.6 is 22.7 Å². The monoisotopic (exact) mass is 467 g/mol. The van der Waals surface area contributed by atoms with E-state index in [1.807, 2.05) is 41.8 Å². The van der Waals surface area contributed by atoms with Gasteiger partial charge in [0.05, 0.1) is 17.3 Å². The highest BCUT2D eigenvalue weighted by Gasteiger charge is 2.34. The molecule has 1 amide bonds. The molecule has 0 bridgehead atoms. The molecule has 0 saturated heterocycles. The summed E-state index contributed by atoms with van der Waals surface area (Å²) in [7, 11) is 0. The molecule has 7 rings (SSSR count). The quantitative estimate of drug-likeness (QED) is 0.464. The molecule has 2 aliphatic heterocycles. The van der Waals surface area contributed by atoms with Crippen molar-refractivity contribution in [2.24, 2.45) is 4.99 Å². The van der Waals surface area contributed by atoms with E-state index >= 15 is 0 Å². The molecule has 0 spiro atoms. The van der Waals surface area contributed by atoms with Crippen LogP contribution < -0.4 is 20.2 Å². The summed E-state index contributed by atoms with van der Waals surface area (Å²) in [6, 6.07) is 19.8. The standard InChI is InChI=1S/C26H17N3O2S2/c30-24-20(16-8-3-4-9-18(16)27-24)23-25(31)29-22(19-10-5-13-32-19)17-12-11-14-6-1-2-7-15(14)21(17)28-26(29)33-23/h1-10,13,22H,11-12H2,(H,27,30)/b23-20+. The van der Waals surface area contributed by atoms with Gasteiger partial charge in [-0.3, -0.25) is 14.2 Å². The first kappa shape index (κ1) is 19.0. The zero-order chi connectivity index (χ0) is 22.1. The van der Waals surface area contributed by atoms with Crippen LogP contribution in [0.25, 0.3) is 11.3 Å². The van der Waals surface area contributed by atoms with Gasteiger partial charge >= 0.3 is 0 Å². The van der Waals surface area contributed by atoms with Gasteiger partial charge in [0.1, 0.15) is 4.53 Å². The number of rotatable bonds is 1. The number of fused-ring (bicyclic) bond motifs is 4. The molecule has 0 saturated carbocycles. The van der Waals surface area contributed by atoms with Crippen LogP contribution in [0.4, 0.5) is 5.69 Å². The van der Waals surface area contributed by atoms with Crippen molar-refractivity contribution in [3.05, 3.63) is 113 Å². The number of hydrogen-bond donors (Lipinski definition) is 1. The summed E-state index contributed by atoms with van der Waals surface area (Å²) in [5.41, 5.74) is 6.40. The number of aryl methyl sites for hydroxylation is 1. The largest absolute Gasteiger partial charge is 0.321 e. The lowest BCUT2D eigenvalue weighted by Gasteiger charge is -2.30. The smallest absolute Gasteiger partial charge is 0.271 e. The van der Waals surface area contributed by atoms with E-state index in [9.17, 15) is 9.59 Å². The van der Waals surface area contributed by atoms with Gasteiger partial charge in [0.25, 0.3) is 11.5 Å². The van der Waals surface area contributed by atoms with E-state index < -0.39 is 0 Å². The van der Waals surface area contributed by atoms with Crippen molar-refractivity contribution >= 4 is 45.5 Å². The molecule has 0 radical (unpaired) electrons. The molecule has 1 unspecified atom stereocenters. The van der Waals surface area contributed by atoms with E-state index in [1.54, 1.807) is 15.9 Å². The van der Waals surface area contributed by atoms with Crippen LogP contribution in [0.5, 0.6) is 0 Å². The van der Waals surface area contributed by atoms with Crippen molar-refractivity contribution in [2.75, 3.05) is 5.32 Å². The minimum absolute atomic E-state index is 0.149. The molecule has 3 aliphatic rings. The number of hydrogen-bond acceptors (Lipinski definition) is 5. The van der Waals surface area contributed by atoms with Crippen LogP contribution in [0.15, 0.2) is 81.4 Å². The third kappa shape index (κ3) is 2.66. The van der Waals surface area contributed by atoms with Gasteiger partial charge in [0.15, 0.2) is 4.80 Å². The van der Waals surface area contributed by atoms with Crippen LogP contribution in [-0.4, -0.2) is 10.5 Å². The number of para-hydroxylation sites is 1. The van der Waals surface area contributed by atoms with Crippen molar-refractivity contribution in [3.8, 4) is 0 Å². The summed E-state index contributed by atoms with van der Waals surface area (Å²) < 4.78 is 2.26. The second kappa shape index (κ2) is 6.97. The molecule has 33 heavy (non-hydrogen) atoms. The number of carbonyl (C=O) groups is 1. The highest BCUT2D eigenvalue weighted by atomic mass is 32.1. The number of benzene rings is 2. The molecule has 0 fully saturated rings. The summed E-state index contributed by atoms with van der Waals surface area (Å²) in [5.74, 6) is -0.233. The summed E-state index contributed by atoms with van der Waals surface area (Å²) in [6.07, 6.45) is 1.79. The number of nitrogens with one attached hydrogen (secondary N) is 1. The highest BCUT2D eigenvalue weighted by Crippen LogP contribution is 2.42. The lowest BCUT2D eigenvalue weighted by atomic mass is 9.85. The Morgan fingerprint density at radius 2 is 1.76 bits per heavy atom. The van der Waals surface area contributed by atoms with E-state index in [0.29, 0.717) is 14.9 Å². The number of amides is 1. The first-order valence-corrected chi connectivity index (χ1v) is 12.5. The first-order valence-electron chi connectivity index (χ1n) is 10.8. The van der Waals surface area contributed by atoms with E-state index in [1.165, 1.54) is 22.5 Å². The van der Waals surface area contributed by atoms with Crippen molar-refractivity contribution in [1.82, 2.24) is 4.57 Å². The maximum atomic E-state index is 13.9. The van der Waals surface area contributed by atoms with Crippen LogP contribution in [0, 0.1) is 0 Å². The van der Waals surface area contributed by atoms with E-state index in [-0.39, 0.29) is 17.5 Å². The molecule has 160 valence electrons. The van der Waals surface area contributed by atoms with Gasteiger partial charge in [-0.05, 0) is 41.5 Å². The van der Waals surface area contributed by atoms with Crippen LogP contribution in [0.2, 0.25) is 0 Å². The van der Waals surface area contributed by atoms with Gasteiger partial charge < -0.3 is 5.32 Å². The molecule has 1 atom stereocenters. The zero-order valence-corrected chi connectivity index (χ0v) is 19.0. The Labute approximate surface area is 196 Å². The Hall–Kier alpha value is -3.55. The summed E-state index contributed by atoms with van der Waals surface area (Å²) in [5, 5.41) is 4.95. The van der Waals surface area contributed by atoms with Crippen molar-refractivity contribution in [3.63, 3.8) is 0 Å². The normalized spacial score (nSPS) is 19.9. The molecule has 2 aromatic carbocycles. The second-order valence-electron chi connectivity index (χ2n) is 8.32. The average molecular weight is 468 g/mol. The van der Waals surface area contributed by atoms with E-state index in [4.69, 9.17) is 4.99 Å². The lowest BCUT2D eigenvalue weighted by Crippen LogP contribution is -2.39. The maximum absolute atomic E-state index is 13.9. The van der Waals surface area contributed by atoms with E-state index in [2.05, 4.69) is 29.6 Å². The minimum Gasteiger partial charge on any atom is -0.321 e.